The zero-order valence-corrected chi connectivity index (χ0v) is 14.2. The van der Waals surface area contributed by atoms with Gasteiger partial charge in [-0.25, -0.2) is 0 Å². The zero-order valence-electron chi connectivity index (χ0n) is 13.3. The maximum Gasteiger partial charge on any atom is 0.308 e. The normalized spacial score (nSPS) is 22.9. The van der Waals surface area contributed by atoms with Gasteiger partial charge in [-0.3, -0.25) is 9.59 Å². The summed E-state index contributed by atoms with van der Waals surface area (Å²) in [5, 5.41) is 9.00. The maximum atomic E-state index is 12.4. The van der Waals surface area contributed by atoms with E-state index in [4.69, 9.17) is 14.6 Å². The molecule has 1 aromatic rings. The van der Waals surface area contributed by atoms with Crippen LogP contribution in [0.5, 0.6) is 5.75 Å². The molecule has 0 saturated carbocycles. The van der Waals surface area contributed by atoms with Crippen molar-refractivity contribution in [1.82, 2.24) is 4.90 Å². The first kappa shape index (κ1) is 18.5. The van der Waals surface area contributed by atoms with Crippen molar-refractivity contribution < 1.29 is 24.2 Å². The SMILES string of the molecule is Cl.O=C(O)C1CCN(C(=O)c2ccc(OCC3CCCO3)cc2)C1. The van der Waals surface area contributed by atoms with E-state index in [1.807, 2.05) is 0 Å². The van der Waals surface area contributed by atoms with Gasteiger partial charge in [0.05, 0.1) is 12.0 Å². The van der Waals surface area contributed by atoms with Crippen LogP contribution in [0.1, 0.15) is 29.6 Å². The van der Waals surface area contributed by atoms with Crippen molar-refractivity contribution in [3.8, 4) is 5.75 Å². The monoisotopic (exact) mass is 355 g/mol. The van der Waals surface area contributed by atoms with E-state index in [1.54, 1.807) is 29.2 Å². The van der Waals surface area contributed by atoms with Gasteiger partial charge in [-0.15, -0.1) is 12.4 Å². The Balaban J connectivity index is 0.00000208. The first-order chi connectivity index (χ1) is 11.1. The molecule has 24 heavy (non-hydrogen) atoms. The molecule has 0 aromatic heterocycles. The second-order valence-electron chi connectivity index (χ2n) is 6.05. The topological polar surface area (TPSA) is 76.1 Å². The molecular formula is C17H22ClNO5. The molecule has 3 rings (SSSR count). The highest BCUT2D eigenvalue weighted by Crippen LogP contribution is 2.21. The number of carbonyl (C=O) groups excluding carboxylic acids is 1. The van der Waals surface area contributed by atoms with Gasteiger partial charge in [0, 0.05) is 25.3 Å². The van der Waals surface area contributed by atoms with Gasteiger partial charge in [0.1, 0.15) is 12.4 Å². The lowest BCUT2D eigenvalue weighted by molar-refractivity contribution is -0.141. The van der Waals surface area contributed by atoms with E-state index in [2.05, 4.69) is 0 Å². The van der Waals surface area contributed by atoms with Crippen LogP contribution in [0.25, 0.3) is 0 Å². The van der Waals surface area contributed by atoms with Gasteiger partial charge in [0.25, 0.3) is 5.91 Å². The van der Waals surface area contributed by atoms with Crippen molar-refractivity contribution in [2.45, 2.75) is 25.4 Å². The predicted octanol–water partition coefficient (Wildman–Crippen LogP) is 2.21. The molecule has 132 valence electrons. The molecule has 2 aliphatic rings. The largest absolute Gasteiger partial charge is 0.491 e. The van der Waals surface area contributed by atoms with Crippen LogP contribution in [0.2, 0.25) is 0 Å². The van der Waals surface area contributed by atoms with E-state index in [1.165, 1.54) is 0 Å². The Morgan fingerprint density at radius 3 is 2.58 bits per heavy atom. The van der Waals surface area contributed by atoms with E-state index in [0.717, 1.165) is 19.4 Å². The standard InChI is InChI=1S/C17H21NO5.ClH/c19-16(18-8-7-13(10-18)17(20)21)12-3-5-14(6-4-12)23-11-15-2-1-9-22-15;/h3-6,13,15H,1-2,7-11H2,(H,20,21);1H. The Morgan fingerprint density at radius 2 is 2.00 bits per heavy atom. The highest BCUT2D eigenvalue weighted by atomic mass is 35.5. The minimum absolute atomic E-state index is 0. The van der Waals surface area contributed by atoms with Crippen molar-refractivity contribution in [3.05, 3.63) is 29.8 Å². The molecule has 0 aliphatic carbocycles. The fourth-order valence-corrected chi connectivity index (χ4v) is 2.99. The van der Waals surface area contributed by atoms with Gasteiger partial charge in [-0.05, 0) is 43.5 Å². The summed E-state index contributed by atoms with van der Waals surface area (Å²) in [6.07, 6.45) is 2.78. The molecule has 6 nitrogen and oxygen atoms in total. The Morgan fingerprint density at radius 1 is 1.25 bits per heavy atom. The number of carboxylic acids is 1. The zero-order chi connectivity index (χ0) is 16.2. The Bertz CT molecular complexity index is 571. The van der Waals surface area contributed by atoms with Crippen molar-refractivity contribution >= 4 is 24.3 Å². The molecular weight excluding hydrogens is 334 g/mol. The summed E-state index contributed by atoms with van der Waals surface area (Å²) in [6.45, 7) is 2.10. The highest BCUT2D eigenvalue weighted by Gasteiger charge is 2.31. The minimum atomic E-state index is -0.835. The van der Waals surface area contributed by atoms with Crippen molar-refractivity contribution in [3.63, 3.8) is 0 Å². The number of carboxylic acid groups (broad SMARTS) is 1. The number of carbonyl (C=O) groups is 2. The number of rotatable bonds is 5. The third-order valence-electron chi connectivity index (χ3n) is 4.39. The van der Waals surface area contributed by atoms with Crippen LogP contribution < -0.4 is 4.74 Å². The Labute approximate surface area is 147 Å². The van der Waals surface area contributed by atoms with E-state index in [9.17, 15) is 9.59 Å². The molecule has 2 heterocycles. The summed E-state index contributed by atoms with van der Waals surface area (Å²) in [6, 6.07) is 6.99. The molecule has 0 spiro atoms. The van der Waals surface area contributed by atoms with Gasteiger partial charge in [-0.1, -0.05) is 0 Å². The lowest BCUT2D eigenvalue weighted by Crippen LogP contribution is -2.29. The molecule has 2 fully saturated rings. The third-order valence-corrected chi connectivity index (χ3v) is 4.39. The van der Waals surface area contributed by atoms with E-state index in [0.29, 0.717) is 30.9 Å². The van der Waals surface area contributed by atoms with Crippen LogP contribution in [0.3, 0.4) is 0 Å². The van der Waals surface area contributed by atoms with Crippen LogP contribution in [-0.2, 0) is 9.53 Å². The fourth-order valence-electron chi connectivity index (χ4n) is 2.99. The minimum Gasteiger partial charge on any atom is -0.491 e. The average Bonchev–Trinajstić information content (AvgIpc) is 3.24. The maximum absolute atomic E-state index is 12.4. The summed E-state index contributed by atoms with van der Waals surface area (Å²) in [5.74, 6) is -0.701. The van der Waals surface area contributed by atoms with Crippen LogP contribution in [0, 0.1) is 5.92 Å². The average molecular weight is 356 g/mol. The summed E-state index contributed by atoms with van der Waals surface area (Å²) in [5.41, 5.74) is 0.556. The summed E-state index contributed by atoms with van der Waals surface area (Å²) < 4.78 is 11.2. The molecule has 2 atom stereocenters. The molecule has 2 aliphatic heterocycles. The molecule has 0 bridgehead atoms. The quantitative estimate of drug-likeness (QED) is 0.876. The van der Waals surface area contributed by atoms with E-state index in [-0.39, 0.29) is 31.0 Å². The van der Waals surface area contributed by atoms with Crippen molar-refractivity contribution in [2.24, 2.45) is 5.92 Å². The predicted molar refractivity (Wildman–Crippen MR) is 89.8 cm³/mol. The second kappa shape index (κ2) is 8.35. The van der Waals surface area contributed by atoms with Gasteiger partial charge >= 0.3 is 5.97 Å². The van der Waals surface area contributed by atoms with Crippen molar-refractivity contribution in [2.75, 3.05) is 26.3 Å². The Hall–Kier alpha value is -1.79. The number of hydrogen-bond donors (Lipinski definition) is 1. The number of ether oxygens (including phenoxy) is 2. The summed E-state index contributed by atoms with van der Waals surface area (Å²) >= 11 is 0. The molecule has 0 radical (unpaired) electrons. The Kier molecular flexibility index (Phi) is 6.45. The molecule has 1 amide bonds. The van der Waals surface area contributed by atoms with Crippen molar-refractivity contribution in [1.29, 1.82) is 0 Å². The summed E-state index contributed by atoms with van der Waals surface area (Å²) in [4.78, 5) is 24.9. The van der Waals surface area contributed by atoms with Gasteiger partial charge in [0.15, 0.2) is 0 Å². The van der Waals surface area contributed by atoms with Gasteiger partial charge < -0.3 is 19.5 Å². The van der Waals surface area contributed by atoms with E-state index >= 15 is 0 Å². The molecule has 1 aromatic carbocycles. The lowest BCUT2D eigenvalue weighted by Gasteiger charge is -2.16. The summed E-state index contributed by atoms with van der Waals surface area (Å²) in [7, 11) is 0. The number of hydrogen-bond acceptors (Lipinski definition) is 4. The smallest absolute Gasteiger partial charge is 0.308 e. The highest BCUT2D eigenvalue weighted by molar-refractivity contribution is 5.94. The van der Waals surface area contributed by atoms with Crippen LogP contribution in [0.15, 0.2) is 24.3 Å². The number of aliphatic carboxylic acids is 1. The van der Waals surface area contributed by atoms with Crippen LogP contribution in [-0.4, -0.2) is 54.3 Å². The van der Waals surface area contributed by atoms with E-state index < -0.39 is 11.9 Å². The first-order valence-corrected chi connectivity index (χ1v) is 8.00. The molecule has 7 heteroatoms. The van der Waals surface area contributed by atoms with Gasteiger partial charge in [0.2, 0.25) is 0 Å². The molecule has 2 saturated heterocycles. The number of likely N-dealkylation sites (tertiary alicyclic amines) is 1. The number of halogens is 1. The third kappa shape index (κ3) is 4.39. The lowest BCUT2D eigenvalue weighted by atomic mass is 10.1. The molecule has 1 N–H and O–H groups in total. The fraction of sp³-hybridized carbons (Fsp3) is 0.529. The number of benzene rings is 1. The number of nitrogens with zero attached hydrogens (tertiary/aromatic N) is 1. The first-order valence-electron chi connectivity index (χ1n) is 8.00. The molecule has 2 unspecified atom stereocenters. The van der Waals surface area contributed by atoms with Crippen LogP contribution in [0.4, 0.5) is 0 Å². The second-order valence-corrected chi connectivity index (χ2v) is 6.05. The number of amides is 1. The van der Waals surface area contributed by atoms with Crippen LogP contribution >= 0.6 is 12.4 Å². The van der Waals surface area contributed by atoms with Gasteiger partial charge in [-0.2, -0.15) is 0 Å².